The van der Waals surface area contributed by atoms with E-state index in [0.717, 1.165) is 10.5 Å². The molecule has 3 rings (SSSR count). The molecular formula is C14H17NO5S. The number of amides is 1. The lowest BCUT2D eigenvalue weighted by Crippen LogP contribution is -2.58. The molecule has 2 aliphatic rings. The van der Waals surface area contributed by atoms with Crippen molar-refractivity contribution >= 4 is 17.9 Å². The lowest BCUT2D eigenvalue weighted by Gasteiger charge is -2.39. The third kappa shape index (κ3) is 2.87. The van der Waals surface area contributed by atoms with Gasteiger partial charge >= 0.3 is 6.09 Å². The van der Waals surface area contributed by atoms with Crippen molar-refractivity contribution in [2.45, 2.75) is 41.6 Å². The van der Waals surface area contributed by atoms with Crippen LogP contribution in [0.25, 0.3) is 0 Å². The van der Waals surface area contributed by atoms with Crippen molar-refractivity contribution in [2.75, 3.05) is 6.61 Å². The Morgan fingerprint density at radius 3 is 2.71 bits per heavy atom. The quantitative estimate of drug-likeness (QED) is 0.759. The first kappa shape index (κ1) is 14.6. The topological polar surface area (TPSA) is 88.0 Å². The number of aliphatic hydroxyl groups is 2. The number of nitrogens with one attached hydrogen (secondary N) is 1. The number of hydrogen-bond donors (Lipinski definition) is 3. The molecule has 0 bridgehead atoms. The molecule has 1 amide bonds. The van der Waals surface area contributed by atoms with E-state index in [9.17, 15) is 15.0 Å². The zero-order valence-electron chi connectivity index (χ0n) is 11.4. The molecular weight excluding hydrogens is 294 g/mol. The summed E-state index contributed by atoms with van der Waals surface area (Å²) in [6.07, 6.45) is -3.07. The number of carbonyl (C=O) groups excluding carboxylic acids is 1. The van der Waals surface area contributed by atoms with Gasteiger partial charge in [0.1, 0.15) is 23.7 Å². The second-order valence-corrected chi connectivity index (χ2v) is 6.36. The van der Waals surface area contributed by atoms with Crippen molar-refractivity contribution in [2.24, 2.45) is 0 Å². The summed E-state index contributed by atoms with van der Waals surface area (Å²) in [6, 6.07) is 7.47. The standard InChI is InChI=1S/C14H17NO5S/c1-7-2-4-8(5-3-7)21-13-10-12(20-14(18)15-10)11(17)9(6-16)19-13/h2-5,9-13,16-17H,6H2,1H3,(H,15,18)/t9-,10-,11-,12-,13+/m1/s1. The molecule has 6 nitrogen and oxygen atoms in total. The molecule has 7 heteroatoms. The van der Waals surface area contributed by atoms with Gasteiger partial charge in [-0.25, -0.2) is 4.79 Å². The van der Waals surface area contributed by atoms with Gasteiger partial charge in [-0.3, -0.25) is 0 Å². The minimum absolute atomic E-state index is 0.326. The van der Waals surface area contributed by atoms with E-state index >= 15 is 0 Å². The summed E-state index contributed by atoms with van der Waals surface area (Å²) >= 11 is 1.43. The molecule has 0 radical (unpaired) electrons. The van der Waals surface area contributed by atoms with E-state index in [-0.39, 0.29) is 6.61 Å². The van der Waals surface area contributed by atoms with Gasteiger partial charge in [0, 0.05) is 4.90 Å². The molecule has 114 valence electrons. The van der Waals surface area contributed by atoms with Crippen LogP contribution in [0.15, 0.2) is 29.2 Å². The highest BCUT2D eigenvalue weighted by atomic mass is 32.2. The maximum Gasteiger partial charge on any atom is 0.408 e. The molecule has 2 saturated heterocycles. The minimum atomic E-state index is -1.03. The van der Waals surface area contributed by atoms with Crippen LogP contribution in [0, 0.1) is 6.92 Å². The Morgan fingerprint density at radius 2 is 2.05 bits per heavy atom. The predicted molar refractivity (Wildman–Crippen MR) is 76.0 cm³/mol. The SMILES string of the molecule is Cc1ccc(S[C@@H]2O[C@H](CO)[C@@H](O)[C@@H]3OC(=O)N[C@H]32)cc1. The first-order valence-electron chi connectivity index (χ1n) is 6.73. The third-order valence-corrected chi connectivity index (χ3v) is 4.84. The molecule has 5 atom stereocenters. The second-order valence-electron chi connectivity index (χ2n) is 5.19. The Hall–Kier alpha value is -1.28. The number of hydrogen-bond acceptors (Lipinski definition) is 6. The fourth-order valence-electron chi connectivity index (χ4n) is 2.51. The van der Waals surface area contributed by atoms with Crippen molar-refractivity contribution < 1.29 is 24.5 Å². The molecule has 21 heavy (non-hydrogen) atoms. The number of fused-ring (bicyclic) bond motifs is 1. The number of carbonyl (C=O) groups is 1. The van der Waals surface area contributed by atoms with Crippen LogP contribution in [0.2, 0.25) is 0 Å². The van der Waals surface area contributed by atoms with Crippen LogP contribution < -0.4 is 5.32 Å². The number of alkyl carbamates (subject to hydrolysis) is 1. The van der Waals surface area contributed by atoms with Crippen LogP contribution >= 0.6 is 11.8 Å². The van der Waals surface area contributed by atoms with Crippen LogP contribution in [-0.4, -0.2) is 52.7 Å². The van der Waals surface area contributed by atoms with Gasteiger partial charge < -0.3 is 25.0 Å². The normalized spacial score (nSPS) is 35.0. The van der Waals surface area contributed by atoms with Gasteiger partial charge in [0.05, 0.1) is 6.61 Å². The van der Waals surface area contributed by atoms with Gasteiger partial charge in [-0.2, -0.15) is 0 Å². The second kappa shape index (κ2) is 5.84. The molecule has 1 aromatic carbocycles. The molecule has 1 aromatic rings. The summed E-state index contributed by atoms with van der Waals surface area (Å²) in [5.41, 5.74) is 0.729. The average molecular weight is 311 g/mol. The molecule has 2 fully saturated rings. The maximum absolute atomic E-state index is 11.4. The summed E-state index contributed by atoms with van der Waals surface area (Å²) in [7, 11) is 0. The molecule has 0 spiro atoms. The van der Waals surface area contributed by atoms with Gasteiger partial charge in [0.2, 0.25) is 0 Å². The summed E-state index contributed by atoms with van der Waals surface area (Å²) in [6.45, 7) is 1.68. The molecule has 3 N–H and O–H groups in total. The van der Waals surface area contributed by atoms with Crippen molar-refractivity contribution in [3.05, 3.63) is 29.8 Å². The fourth-order valence-corrected chi connectivity index (χ4v) is 3.64. The molecule has 0 aromatic heterocycles. The van der Waals surface area contributed by atoms with Crippen molar-refractivity contribution in [3.8, 4) is 0 Å². The van der Waals surface area contributed by atoms with Gasteiger partial charge in [-0.1, -0.05) is 29.5 Å². The van der Waals surface area contributed by atoms with Gasteiger partial charge in [0.15, 0.2) is 6.10 Å². The highest BCUT2D eigenvalue weighted by molar-refractivity contribution is 7.99. The maximum atomic E-state index is 11.4. The van der Waals surface area contributed by atoms with E-state index in [1.807, 2.05) is 31.2 Å². The van der Waals surface area contributed by atoms with E-state index in [4.69, 9.17) is 9.47 Å². The summed E-state index contributed by atoms with van der Waals surface area (Å²) in [5, 5.41) is 22.0. The highest BCUT2D eigenvalue weighted by Crippen LogP contribution is 2.36. The lowest BCUT2D eigenvalue weighted by atomic mass is 9.99. The van der Waals surface area contributed by atoms with Crippen molar-refractivity contribution in [3.63, 3.8) is 0 Å². The van der Waals surface area contributed by atoms with Crippen LogP contribution in [0.3, 0.4) is 0 Å². The number of ether oxygens (including phenoxy) is 2. The monoisotopic (exact) mass is 311 g/mol. The highest BCUT2D eigenvalue weighted by Gasteiger charge is 2.51. The first-order chi connectivity index (χ1) is 10.1. The Balaban J connectivity index is 1.79. The Morgan fingerprint density at radius 1 is 1.33 bits per heavy atom. The van der Waals surface area contributed by atoms with E-state index < -0.39 is 35.9 Å². The Labute approximate surface area is 126 Å². The lowest BCUT2D eigenvalue weighted by molar-refractivity contribution is -0.154. The number of benzene rings is 1. The first-order valence-corrected chi connectivity index (χ1v) is 7.61. The molecule has 0 unspecified atom stereocenters. The average Bonchev–Trinajstić information content (AvgIpc) is 2.87. The zero-order valence-corrected chi connectivity index (χ0v) is 12.2. The summed E-state index contributed by atoms with van der Waals surface area (Å²) in [5.74, 6) is 0. The summed E-state index contributed by atoms with van der Waals surface area (Å²) < 4.78 is 10.8. The Kier molecular flexibility index (Phi) is 4.08. The largest absolute Gasteiger partial charge is 0.441 e. The van der Waals surface area contributed by atoms with Gasteiger partial charge in [-0.05, 0) is 19.1 Å². The number of rotatable bonds is 3. The van der Waals surface area contributed by atoms with Gasteiger partial charge in [-0.15, -0.1) is 0 Å². The van der Waals surface area contributed by atoms with E-state index in [1.165, 1.54) is 11.8 Å². The minimum Gasteiger partial charge on any atom is -0.441 e. The van der Waals surface area contributed by atoms with Gasteiger partial charge in [0.25, 0.3) is 0 Å². The summed E-state index contributed by atoms with van der Waals surface area (Å²) in [4.78, 5) is 12.4. The Bertz CT molecular complexity index is 523. The molecule has 2 heterocycles. The molecule has 0 aliphatic carbocycles. The van der Waals surface area contributed by atoms with E-state index in [1.54, 1.807) is 0 Å². The van der Waals surface area contributed by atoms with E-state index in [0.29, 0.717) is 0 Å². The van der Waals surface area contributed by atoms with Crippen LogP contribution in [0.5, 0.6) is 0 Å². The number of aryl methyl sites for hydroxylation is 1. The van der Waals surface area contributed by atoms with Crippen LogP contribution in [-0.2, 0) is 9.47 Å². The number of thioether (sulfide) groups is 1. The predicted octanol–water partition coefficient (Wildman–Crippen LogP) is 0.642. The fraction of sp³-hybridized carbons (Fsp3) is 0.500. The van der Waals surface area contributed by atoms with Crippen LogP contribution in [0.4, 0.5) is 4.79 Å². The molecule has 0 saturated carbocycles. The number of aliphatic hydroxyl groups excluding tert-OH is 2. The third-order valence-electron chi connectivity index (χ3n) is 3.65. The van der Waals surface area contributed by atoms with Crippen LogP contribution in [0.1, 0.15) is 5.56 Å². The van der Waals surface area contributed by atoms with Crippen molar-refractivity contribution in [1.29, 1.82) is 0 Å². The zero-order chi connectivity index (χ0) is 15.0. The smallest absolute Gasteiger partial charge is 0.408 e. The van der Waals surface area contributed by atoms with Crippen molar-refractivity contribution in [1.82, 2.24) is 5.32 Å². The van der Waals surface area contributed by atoms with E-state index in [2.05, 4.69) is 5.32 Å². The molecule has 2 aliphatic heterocycles.